The Kier molecular flexibility index (Phi) is 5.08. The quantitative estimate of drug-likeness (QED) is 0.859. The second-order valence-corrected chi connectivity index (χ2v) is 5.90. The van der Waals surface area contributed by atoms with E-state index in [4.69, 9.17) is 4.74 Å². The van der Waals surface area contributed by atoms with E-state index >= 15 is 0 Å². The molecule has 6 heteroatoms. The average Bonchev–Trinajstić information content (AvgIpc) is 2.95. The van der Waals surface area contributed by atoms with Gasteiger partial charge in [-0.2, -0.15) is 0 Å². The highest BCUT2D eigenvalue weighted by molar-refractivity contribution is 5.92. The largest absolute Gasteiger partial charge is 0.497 e. The van der Waals surface area contributed by atoms with Gasteiger partial charge in [0.15, 0.2) is 0 Å². The fraction of sp³-hybridized carbons (Fsp3) is 0.333. The van der Waals surface area contributed by atoms with Crippen LogP contribution in [0, 0.1) is 0 Å². The van der Waals surface area contributed by atoms with Crippen molar-refractivity contribution < 1.29 is 14.6 Å². The normalized spacial score (nSPS) is 20.8. The molecule has 1 aliphatic rings. The molecule has 3 rings (SSSR count). The molecule has 1 aromatic carbocycles. The number of carbonyl (C=O) groups excluding carboxylic acids is 1. The minimum atomic E-state index is -0.587. The van der Waals surface area contributed by atoms with Crippen LogP contribution >= 0.6 is 0 Å². The molecule has 0 saturated carbocycles. The summed E-state index contributed by atoms with van der Waals surface area (Å²) in [6.45, 7) is 1.85. The van der Waals surface area contributed by atoms with Gasteiger partial charge in [-0.05, 0) is 29.8 Å². The number of carbonyl (C=O) groups is 1. The minimum absolute atomic E-state index is 0.258. The van der Waals surface area contributed by atoms with E-state index < -0.39 is 6.10 Å². The molecule has 6 nitrogen and oxygen atoms in total. The first-order valence-electron chi connectivity index (χ1n) is 7.91. The first-order chi connectivity index (χ1) is 11.7. The Morgan fingerprint density at radius 3 is 2.75 bits per heavy atom. The fourth-order valence-electron chi connectivity index (χ4n) is 2.87. The van der Waals surface area contributed by atoms with Gasteiger partial charge in [0.25, 0.3) is 5.91 Å². The number of pyridine rings is 1. The van der Waals surface area contributed by atoms with Crippen LogP contribution in [-0.4, -0.2) is 53.2 Å². The van der Waals surface area contributed by atoms with Gasteiger partial charge in [0, 0.05) is 25.8 Å². The molecular formula is C18H21N3O3. The summed E-state index contributed by atoms with van der Waals surface area (Å²) in [4.78, 5) is 18.3. The van der Waals surface area contributed by atoms with E-state index in [1.165, 1.54) is 0 Å². The summed E-state index contributed by atoms with van der Waals surface area (Å²) in [6.07, 6.45) is 0.992. The van der Waals surface area contributed by atoms with E-state index in [-0.39, 0.29) is 11.9 Å². The van der Waals surface area contributed by atoms with Gasteiger partial charge >= 0.3 is 0 Å². The van der Waals surface area contributed by atoms with E-state index in [0.717, 1.165) is 17.9 Å². The molecule has 0 radical (unpaired) electrons. The van der Waals surface area contributed by atoms with Gasteiger partial charge in [0.1, 0.15) is 11.4 Å². The second kappa shape index (κ2) is 7.42. The second-order valence-electron chi connectivity index (χ2n) is 5.90. The van der Waals surface area contributed by atoms with Crippen LogP contribution in [-0.2, 0) is 6.54 Å². The number of β-amino-alcohol motifs (C(OH)–C–C–N with tert-alkyl or cyclic N) is 1. The van der Waals surface area contributed by atoms with Gasteiger partial charge in [0.05, 0.1) is 19.3 Å². The van der Waals surface area contributed by atoms with Gasteiger partial charge in [-0.15, -0.1) is 0 Å². The molecule has 1 aromatic heterocycles. The summed E-state index contributed by atoms with van der Waals surface area (Å²) in [5, 5.41) is 13.1. The lowest BCUT2D eigenvalue weighted by Crippen LogP contribution is -2.43. The van der Waals surface area contributed by atoms with Gasteiger partial charge < -0.3 is 15.2 Å². The Morgan fingerprint density at radius 1 is 1.29 bits per heavy atom. The van der Waals surface area contributed by atoms with Crippen molar-refractivity contribution in [1.82, 2.24) is 15.2 Å². The molecule has 2 N–H and O–H groups in total. The molecule has 2 aromatic rings. The number of aromatic nitrogens is 1. The van der Waals surface area contributed by atoms with Crippen LogP contribution in [0.4, 0.5) is 0 Å². The number of hydrogen-bond donors (Lipinski definition) is 2. The molecule has 1 saturated heterocycles. The standard InChI is InChI=1S/C18H21N3O3/c1-24-14-7-5-13(6-8-14)10-21-11-16(17(22)12-21)20-18(23)15-4-2-3-9-19-15/h2-9,16-17,22H,10-12H2,1H3,(H,20,23)/t16-,17-/m1/s1. The Bertz CT molecular complexity index is 676. The monoisotopic (exact) mass is 327 g/mol. The maximum absolute atomic E-state index is 12.2. The van der Waals surface area contributed by atoms with Crippen molar-refractivity contribution >= 4 is 5.91 Å². The zero-order valence-corrected chi connectivity index (χ0v) is 13.6. The number of nitrogens with one attached hydrogen (secondary N) is 1. The molecule has 0 bridgehead atoms. The predicted molar refractivity (Wildman–Crippen MR) is 89.8 cm³/mol. The lowest BCUT2D eigenvalue weighted by molar-refractivity contribution is 0.0883. The van der Waals surface area contributed by atoms with E-state index in [9.17, 15) is 9.90 Å². The summed E-state index contributed by atoms with van der Waals surface area (Å²) in [5.74, 6) is 0.562. The molecule has 0 unspecified atom stereocenters. The zero-order chi connectivity index (χ0) is 16.9. The summed E-state index contributed by atoms with van der Waals surface area (Å²) >= 11 is 0. The van der Waals surface area contributed by atoms with Crippen LogP contribution in [0.5, 0.6) is 5.75 Å². The zero-order valence-electron chi connectivity index (χ0n) is 13.6. The number of rotatable bonds is 5. The highest BCUT2D eigenvalue weighted by atomic mass is 16.5. The van der Waals surface area contributed by atoms with Crippen molar-refractivity contribution in [2.24, 2.45) is 0 Å². The van der Waals surface area contributed by atoms with Crippen molar-refractivity contribution in [3.05, 3.63) is 59.9 Å². The number of hydrogen-bond acceptors (Lipinski definition) is 5. The van der Waals surface area contributed by atoms with Crippen molar-refractivity contribution in [2.75, 3.05) is 20.2 Å². The van der Waals surface area contributed by atoms with E-state index in [0.29, 0.717) is 18.8 Å². The molecule has 0 aliphatic carbocycles. The van der Waals surface area contributed by atoms with E-state index in [2.05, 4.69) is 15.2 Å². The molecule has 1 fully saturated rings. The number of ether oxygens (including phenoxy) is 1. The third-order valence-electron chi connectivity index (χ3n) is 4.14. The summed E-state index contributed by atoms with van der Waals surface area (Å²) in [7, 11) is 1.64. The highest BCUT2D eigenvalue weighted by Gasteiger charge is 2.32. The smallest absolute Gasteiger partial charge is 0.270 e. The molecule has 0 spiro atoms. The van der Waals surface area contributed by atoms with Gasteiger partial charge in [-0.25, -0.2) is 0 Å². The van der Waals surface area contributed by atoms with Gasteiger partial charge in [-0.1, -0.05) is 18.2 Å². The number of methoxy groups -OCH3 is 1. The topological polar surface area (TPSA) is 74.7 Å². The van der Waals surface area contributed by atoms with Crippen LogP contribution in [0.1, 0.15) is 16.1 Å². The van der Waals surface area contributed by atoms with Crippen LogP contribution in [0.15, 0.2) is 48.7 Å². The van der Waals surface area contributed by atoms with Crippen LogP contribution < -0.4 is 10.1 Å². The first kappa shape index (κ1) is 16.4. The number of amides is 1. The van der Waals surface area contributed by atoms with Crippen molar-refractivity contribution in [3.8, 4) is 5.75 Å². The van der Waals surface area contributed by atoms with Crippen molar-refractivity contribution in [3.63, 3.8) is 0 Å². The average molecular weight is 327 g/mol. The molecule has 2 atom stereocenters. The lowest BCUT2D eigenvalue weighted by atomic mass is 10.2. The Morgan fingerprint density at radius 2 is 2.08 bits per heavy atom. The summed E-state index contributed by atoms with van der Waals surface area (Å²) in [5.41, 5.74) is 1.50. The maximum Gasteiger partial charge on any atom is 0.270 e. The van der Waals surface area contributed by atoms with Crippen LogP contribution in [0.3, 0.4) is 0 Å². The number of aliphatic hydroxyl groups is 1. The van der Waals surface area contributed by atoms with Gasteiger partial charge in [0.2, 0.25) is 0 Å². The number of benzene rings is 1. The van der Waals surface area contributed by atoms with E-state index in [1.54, 1.807) is 31.5 Å². The Hall–Kier alpha value is -2.44. The predicted octanol–water partition coefficient (Wildman–Crippen LogP) is 1.07. The van der Waals surface area contributed by atoms with Crippen LogP contribution in [0.2, 0.25) is 0 Å². The number of aliphatic hydroxyl groups excluding tert-OH is 1. The highest BCUT2D eigenvalue weighted by Crippen LogP contribution is 2.17. The lowest BCUT2D eigenvalue weighted by Gasteiger charge is -2.16. The molecule has 126 valence electrons. The third-order valence-corrected chi connectivity index (χ3v) is 4.14. The van der Waals surface area contributed by atoms with Crippen molar-refractivity contribution in [1.29, 1.82) is 0 Å². The summed E-state index contributed by atoms with van der Waals surface area (Å²) < 4.78 is 5.15. The molecular weight excluding hydrogens is 306 g/mol. The van der Waals surface area contributed by atoms with Gasteiger partial charge in [-0.3, -0.25) is 14.7 Å². The fourth-order valence-corrected chi connectivity index (χ4v) is 2.87. The molecule has 24 heavy (non-hydrogen) atoms. The summed E-state index contributed by atoms with van der Waals surface area (Å²) in [6, 6.07) is 12.7. The molecule has 2 heterocycles. The first-order valence-corrected chi connectivity index (χ1v) is 7.91. The SMILES string of the molecule is COc1ccc(CN2C[C@@H](O)[C@H](NC(=O)c3ccccn3)C2)cc1. The molecule has 1 amide bonds. The number of nitrogens with zero attached hydrogens (tertiary/aromatic N) is 2. The van der Waals surface area contributed by atoms with Crippen molar-refractivity contribution in [2.45, 2.75) is 18.7 Å². The minimum Gasteiger partial charge on any atom is -0.497 e. The Balaban J connectivity index is 1.57. The molecule has 1 aliphatic heterocycles. The third kappa shape index (κ3) is 3.90. The number of likely N-dealkylation sites (tertiary alicyclic amines) is 1. The maximum atomic E-state index is 12.2. The Labute approximate surface area is 141 Å². The van der Waals surface area contributed by atoms with Crippen LogP contribution in [0.25, 0.3) is 0 Å². The van der Waals surface area contributed by atoms with E-state index in [1.807, 2.05) is 24.3 Å².